The molecule has 1 aromatic carbocycles. The number of hydrogen-bond donors (Lipinski definition) is 0. The highest BCUT2D eigenvalue weighted by atomic mass is 16.5. The van der Waals surface area contributed by atoms with Crippen molar-refractivity contribution < 1.29 is 19.1 Å². The van der Waals surface area contributed by atoms with Gasteiger partial charge in [0.15, 0.2) is 6.04 Å². The molecule has 0 aromatic heterocycles. The Labute approximate surface area is 117 Å². The highest BCUT2D eigenvalue weighted by Crippen LogP contribution is 2.23. The second-order valence-electron chi connectivity index (χ2n) is 4.55. The van der Waals surface area contributed by atoms with Crippen molar-refractivity contribution in [3.8, 4) is 0 Å². The van der Waals surface area contributed by atoms with Crippen molar-refractivity contribution in [2.45, 2.75) is 25.3 Å². The summed E-state index contributed by atoms with van der Waals surface area (Å²) >= 11 is 0. The zero-order valence-corrected chi connectivity index (χ0v) is 11.4. The van der Waals surface area contributed by atoms with Gasteiger partial charge in [0.1, 0.15) is 6.61 Å². The van der Waals surface area contributed by atoms with Crippen LogP contribution in [0, 0.1) is 0 Å². The first-order valence-corrected chi connectivity index (χ1v) is 6.54. The second kappa shape index (κ2) is 6.84. The fourth-order valence-electron chi connectivity index (χ4n) is 2.03. The lowest BCUT2D eigenvalue weighted by atomic mass is 10.1. The average molecular weight is 275 g/mol. The van der Waals surface area contributed by atoms with Gasteiger partial charge in [-0.25, -0.2) is 4.79 Å². The van der Waals surface area contributed by atoms with Gasteiger partial charge in [-0.1, -0.05) is 30.3 Å². The number of benzene rings is 1. The van der Waals surface area contributed by atoms with Crippen LogP contribution in [0.25, 0.3) is 0 Å². The Bertz CT molecular complexity index is 510. The maximum atomic E-state index is 11.8. The normalized spacial score (nSPS) is 18.1. The minimum absolute atomic E-state index is 0.212. The Hall–Kier alpha value is -2.17. The van der Waals surface area contributed by atoms with Gasteiger partial charge in [0.05, 0.1) is 12.8 Å². The quantitative estimate of drug-likeness (QED) is 0.772. The monoisotopic (exact) mass is 275 g/mol. The van der Waals surface area contributed by atoms with E-state index in [1.807, 2.05) is 30.3 Å². The molecular weight excluding hydrogens is 258 g/mol. The lowest BCUT2D eigenvalue weighted by Gasteiger charge is -2.20. The largest absolute Gasteiger partial charge is 0.469 e. The van der Waals surface area contributed by atoms with Crippen molar-refractivity contribution in [2.24, 2.45) is 4.99 Å². The van der Waals surface area contributed by atoms with Gasteiger partial charge >= 0.3 is 11.9 Å². The molecule has 5 heteroatoms. The first-order chi connectivity index (χ1) is 9.70. The van der Waals surface area contributed by atoms with Gasteiger partial charge in [0.25, 0.3) is 0 Å². The molecule has 0 spiro atoms. The Morgan fingerprint density at radius 3 is 2.85 bits per heavy atom. The Balaban J connectivity index is 2.00. The van der Waals surface area contributed by atoms with Gasteiger partial charge in [-0.2, -0.15) is 0 Å². The summed E-state index contributed by atoms with van der Waals surface area (Å²) in [6.45, 7) is 0.212. The first-order valence-electron chi connectivity index (χ1n) is 6.54. The Morgan fingerprint density at radius 2 is 2.15 bits per heavy atom. The molecule has 0 bridgehead atoms. The van der Waals surface area contributed by atoms with Crippen LogP contribution in [0.4, 0.5) is 0 Å². The summed E-state index contributed by atoms with van der Waals surface area (Å²) in [5.74, 6) is -0.564. The van der Waals surface area contributed by atoms with Gasteiger partial charge in [0, 0.05) is 6.42 Å². The number of methoxy groups -OCH3 is 1. The zero-order chi connectivity index (χ0) is 14.4. The van der Waals surface area contributed by atoms with E-state index >= 15 is 0 Å². The van der Waals surface area contributed by atoms with Crippen LogP contribution in [0.1, 0.15) is 30.9 Å². The smallest absolute Gasteiger partial charge is 0.335 e. The van der Waals surface area contributed by atoms with Gasteiger partial charge in [-0.3, -0.25) is 9.79 Å². The van der Waals surface area contributed by atoms with E-state index in [1.165, 1.54) is 7.11 Å². The third kappa shape index (κ3) is 3.66. The van der Waals surface area contributed by atoms with E-state index in [0.717, 1.165) is 11.3 Å². The molecular formula is C15H17NO4. The molecule has 0 unspecified atom stereocenters. The van der Waals surface area contributed by atoms with Crippen LogP contribution in [0.2, 0.25) is 0 Å². The highest BCUT2D eigenvalue weighted by Gasteiger charge is 2.26. The number of cyclic esters (lactones) is 1. The fourth-order valence-corrected chi connectivity index (χ4v) is 2.03. The van der Waals surface area contributed by atoms with E-state index in [0.29, 0.717) is 19.3 Å². The molecule has 5 nitrogen and oxygen atoms in total. The second-order valence-corrected chi connectivity index (χ2v) is 4.55. The third-order valence-electron chi connectivity index (χ3n) is 3.11. The molecule has 0 aliphatic carbocycles. The number of carbonyl (C=O) groups is 2. The van der Waals surface area contributed by atoms with E-state index in [1.54, 1.807) is 0 Å². The van der Waals surface area contributed by atoms with E-state index < -0.39 is 6.04 Å². The van der Waals surface area contributed by atoms with Crippen LogP contribution in [0.15, 0.2) is 35.3 Å². The summed E-state index contributed by atoms with van der Waals surface area (Å²) in [6.07, 6.45) is 1.62. The van der Waals surface area contributed by atoms with Gasteiger partial charge in [-0.05, 0) is 18.4 Å². The lowest BCUT2D eigenvalue weighted by molar-refractivity contribution is -0.144. The standard InChI is InChI=1S/C15H17NO4/c1-19-13(17)9-5-8-12-10-20-15(18)14(16-12)11-6-3-2-4-7-11/h2-4,6-7,14H,5,8-10H2,1H3/t14-/m1/s1. The summed E-state index contributed by atoms with van der Waals surface area (Å²) in [7, 11) is 1.37. The van der Waals surface area contributed by atoms with Crippen molar-refractivity contribution in [2.75, 3.05) is 13.7 Å². The molecule has 2 rings (SSSR count). The van der Waals surface area contributed by atoms with Crippen molar-refractivity contribution in [3.63, 3.8) is 0 Å². The van der Waals surface area contributed by atoms with Crippen molar-refractivity contribution in [1.82, 2.24) is 0 Å². The average Bonchev–Trinajstić information content (AvgIpc) is 2.49. The zero-order valence-electron chi connectivity index (χ0n) is 11.4. The van der Waals surface area contributed by atoms with Gasteiger partial charge < -0.3 is 9.47 Å². The summed E-state index contributed by atoms with van der Waals surface area (Å²) in [4.78, 5) is 27.3. The lowest BCUT2D eigenvalue weighted by Crippen LogP contribution is -2.26. The number of ether oxygens (including phenoxy) is 2. The maximum Gasteiger partial charge on any atom is 0.335 e. The molecule has 20 heavy (non-hydrogen) atoms. The fraction of sp³-hybridized carbons (Fsp3) is 0.400. The maximum absolute atomic E-state index is 11.8. The van der Waals surface area contributed by atoms with Crippen LogP contribution in [-0.4, -0.2) is 31.4 Å². The van der Waals surface area contributed by atoms with Crippen LogP contribution in [-0.2, 0) is 19.1 Å². The molecule has 1 aliphatic rings. The molecule has 0 radical (unpaired) electrons. The van der Waals surface area contributed by atoms with Crippen molar-refractivity contribution in [1.29, 1.82) is 0 Å². The predicted octanol–water partition coefficient (Wildman–Crippen LogP) is 2.07. The molecule has 0 saturated heterocycles. The minimum atomic E-state index is -0.585. The summed E-state index contributed by atoms with van der Waals surface area (Å²) in [5.41, 5.74) is 1.63. The van der Waals surface area contributed by atoms with E-state index in [9.17, 15) is 9.59 Å². The molecule has 1 atom stereocenters. The minimum Gasteiger partial charge on any atom is -0.469 e. The molecule has 106 valence electrons. The predicted molar refractivity (Wildman–Crippen MR) is 73.4 cm³/mol. The van der Waals surface area contributed by atoms with Gasteiger partial charge in [-0.15, -0.1) is 0 Å². The first kappa shape index (κ1) is 14.2. The topological polar surface area (TPSA) is 65.0 Å². The number of nitrogens with zero attached hydrogens (tertiary/aromatic N) is 1. The van der Waals surface area contributed by atoms with Crippen molar-refractivity contribution in [3.05, 3.63) is 35.9 Å². The molecule has 0 N–H and O–H groups in total. The summed E-state index contributed by atoms with van der Waals surface area (Å²) in [6, 6.07) is 8.74. The number of esters is 2. The molecule has 1 aromatic rings. The number of hydrogen-bond acceptors (Lipinski definition) is 5. The summed E-state index contributed by atoms with van der Waals surface area (Å²) < 4.78 is 9.74. The third-order valence-corrected chi connectivity index (χ3v) is 3.11. The van der Waals surface area contributed by atoms with Crippen molar-refractivity contribution >= 4 is 17.7 Å². The van der Waals surface area contributed by atoms with E-state index in [-0.39, 0.29) is 18.5 Å². The molecule has 0 amide bonds. The molecule has 0 saturated carbocycles. The van der Waals surface area contributed by atoms with Crippen LogP contribution >= 0.6 is 0 Å². The van der Waals surface area contributed by atoms with E-state index in [2.05, 4.69) is 9.73 Å². The van der Waals surface area contributed by atoms with E-state index in [4.69, 9.17) is 4.74 Å². The summed E-state index contributed by atoms with van der Waals surface area (Å²) in [5, 5.41) is 0. The molecule has 1 heterocycles. The highest BCUT2D eigenvalue weighted by molar-refractivity contribution is 5.93. The van der Waals surface area contributed by atoms with Crippen LogP contribution < -0.4 is 0 Å². The number of rotatable bonds is 5. The molecule has 1 aliphatic heterocycles. The van der Waals surface area contributed by atoms with Gasteiger partial charge in [0.2, 0.25) is 0 Å². The Kier molecular flexibility index (Phi) is 4.87. The molecule has 0 fully saturated rings. The van der Waals surface area contributed by atoms with Crippen LogP contribution in [0.5, 0.6) is 0 Å². The SMILES string of the molecule is COC(=O)CCCC1=N[C@H](c2ccccc2)C(=O)OC1. The van der Waals surface area contributed by atoms with Crippen LogP contribution in [0.3, 0.4) is 0 Å². The number of carbonyl (C=O) groups excluding carboxylic acids is 2. The number of aliphatic imine (C=N–C) groups is 1. The Morgan fingerprint density at radius 1 is 1.40 bits per heavy atom.